The Kier molecular flexibility index (Phi) is 3.90. The van der Waals surface area contributed by atoms with Crippen molar-refractivity contribution in [2.45, 2.75) is 13.8 Å². The highest BCUT2D eigenvalue weighted by atomic mass is 35.5. The van der Waals surface area contributed by atoms with Crippen LogP contribution in [0.15, 0.2) is 54.9 Å². The van der Waals surface area contributed by atoms with Crippen LogP contribution in [0, 0.1) is 13.8 Å². The van der Waals surface area contributed by atoms with Crippen LogP contribution in [0.4, 0.5) is 11.6 Å². The van der Waals surface area contributed by atoms with E-state index in [4.69, 9.17) is 11.6 Å². The quantitative estimate of drug-likeness (QED) is 0.503. The number of benzene rings is 2. The van der Waals surface area contributed by atoms with Crippen LogP contribution in [0.25, 0.3) is 22.2 Å². The summed E-state index contributed by atoms with van der Waals surface area (Å²) in [5, 5.41) is 5.04. The molecule has 0 radical (unpaired) electrons. The third-order valence-electron chi connectivity index (χ3n) is 4.05. The van der Waals surface area contributed by atoms with E-state index < -0.39 is 0 Å². The predicted octanol–water partition coefficient (Wildman–Crippen LogP) is 5.64. The number of aryl methyl sites for hydroxylation is 2. The van der Waals surface area contributed by atoms with Crippen molar-refractivity contribution >= 4 is 34.1 Å². The molecule has 4 nitrogen and oxygen atoms in total. The number of nitrogens with one attached hydrogen (secondary N) is 2. The first kappa shape index (κ1) is 15.7. The van der Waals surface area contributed by atoms with E-state index in [9.17, 15) is 0 Å². The SMILES string of the molecule is Cc1cc(C)cc(Nc2nccc(-c3c[nH]c4ccc(Cl)cc34)n2)c1. The number of halogens is 1. The standard InChI is InChI=1S/C20H17ClN4/c1-12-7-13(2)9-15(8-12)24-20-22-6-5-19(25-20)17-11-23-18-4-3-14(21)10-16(17)18/h3-11,23H,1-2H3,(H,22,24,25). The van der Waals surface area contributed by atoms with Crippen LogP contribution < -0.4 is 5.32 Å². The third kappa shape index (κ3) is 3.21. The topological polar surface area (TPSA) is 53.6 Å². The zero-order valence-corrected chi connectivity index (χ0v) is 14.7. The fraction of sp³-hybridized carbons (Fsp3) is 0.100. The Bertz CT molecular complexity index is 1050. The molecular formula is C20H17ClN4. The van der Waals surface area contributed by atoms with Crippen molar-refractivity contribution in [2.24, 2.45) is 0 Å². The Hall–Kier alpha value is -2.85. The van der Waals surface area contributed by atoms with Crippen LogP contribution >= 0.6 is 11.6 Å². The van der Waals surface area contributed by atoms with Gasteiger partial charge < -0.3 is 10.3 Å². The van der Waals surface area contributed by atoms with Crippen molar-refractivity contribution < 1.29 is 0 Å². The van der Waals surface area contributed by atoms with Gasteiger partial charge in [0, 0.05) is 39.6 Å². The lowest BCUT2D eigenvalue weighted by molar-refractivity contribution is 1.17. The van der Waals surface area contributed by atoms with Crippen molar-refractivity contribution in [2.75, 3.05) is 5.32 Å². The second kappa shape index (κ2) is 6.22. The maximum absolute atomic E-state index is 6.14. The van der Waals surface area contributed by atoms with Gasteiger partial charge >= 0.3 is 0 Å². The molecule has 2 N–H and O–H groups in total. The van der Waals surface area contributed by atoms with E-state index in [0.29, 0.717) is 11.0 Å². The van der Waals surface area contributed by atoms with Crippen LogP contribution in [0.1, 0.15) is 11.1 Å². The highest BCUT2D eigenvalue weighted by Gasteiger charge is 2.09. The van der Waals surface area contributed by atoms with Gasteiger partial charge in [0.2, 0.25) is 5.95 Å². The Labute approximate surface area is 150 Å². The van der Waals surface area contributed by atoms with Gasteiger partial charge in [0.1, 0.15) is 0 Å². The molecule has 0 aliphatic carbocycles. The minimum Gasteiger partial charge on any atom is -0.360 e. The Morgan fingerprint density at radius 2 is 1.80 bits per heavy atom. The molecular weight excluding hydrogens is 332 g/mol. The highest BCUT2D eigenvalue weighted by molar-refractivity contribution is 6.31. The molecule has 124 valence electrons. The average molecular weight is 349 g/mol. The van der Waals surface area contributed by atoms with Gasteiger partial charge in [-0.05, 0) is 61.4 Å². The van der Waals surface area contributed by atoms with E-state index in [1.54, 1.807) is 6.20 Å². The van der Waals surface area contributed by atoms with Gasteiger partial charge in [-0.2, -0.15) is 0 Å². The monoisotopic (exact) mass is 348 g/mol. The first-order valence-electron chi connectivity index (χ1n) is 8.04. The molecule has 0 saturated heterocycles. The van der Waals surface area contributed by atoms with Gasteiger partial charge in [-0.15, -0.1) is 0 Å². The number of nitrogens with zero attached hydrogens (tertiary/aromatic N) is 2. The van der Waals surface area contributed by atoms with E-state index >= 15 is 0 Å². The summed E-state index contributed by atoms with van der Waals surface area (Å²) in [6.45, 7) is 4.15. The van der Waals surface area contributed by atoms with Gasteiger partial charge in [0.15, 0.2) is 0 Å². The summed E-state index contributed by atoms with van der Waals surface area (Å²) in [4.78, 5) is 12.3. The van der Waals surface area contributed by atoms with Crippen molar-refractivity contribution in [3.05, 3.63) is 71.0 Å². The molecule has 0 amide bonds. The van der Waals surface area contributed by atoms with Crippen molar-refractivity contribution in [1.82, 2.24) is 15.0 Å². The molecule has 2 aromatic carbocycles. The fourth-order valence-electron chi connectivity index (χ4n) is 3.05. The minimum atomic E-state index is 0.568. The van der Waals surface area contributed by atoms with Crippen LogP contribution in [0.5, 0.6) is 0 Å². The zero-order valence-electron chi connectivity index (χ0n) is 14.0. The minimum absolute atomic E-state index is 0.568. The number of hydrogen-bond donors (Lipinski definition) is 2. The summed E-state index contributed by atoms with van der Waals surface area (Å²) in [6, 6.07) is 14.0. The number of rotatable bonds is 3. The molecule has 0 atom stereocenters. The first-order chi connectivity index (χ1) is 12.1. The number of anilines is 2. The zero-order chi connectivity index (χ0) is 17.4. The molecule has 0 aliphatic rings. The van der Waals surface area contributed by atoms with E-state index in [0.717, 1.165) is 27.8 Å². The van der Waals surface area contributed by atoms with Crippen molar-refractivity contribution in [3.63, 3.8) is 0 Å². The molecule has 2 heterocycles. The molecule has 0 spiro atoms. The molecule has 2 aromatic heterocycles. The van der Waals surface area contributed by atoms with Crippen LogP contribution in [-0.4, -0.2) is 15.0 Å². The number of fused-ring (bicyclic) bond motifs is 1. The molecule has 0 unspecified atom stereocenters. The lowest BCUT2D eigenvalue weighted by Gasteiger charge is -2.08. The van der Waals surface area contributed by atoms with E-state index in [1.807, 2.05) is 30.5 Å². The largest absolute Gasteiger partial charge is 0.360 e. The van der Waals surface area contributed by atoms with Gasteiger partial charge in [-0.1, -0.05) is 17.7 Å². The molecule has 4 aromatic rings. The average Bonchev–Trinajstić information content (AvgIpc) is 2.97. The maximum Gasteiger partial charge on any atom is 0.227 e. The fourth-order valence-corrected chi connectivity index (χ4v) is 3.22. The molecule has 0 bridgehead atoms. The Morgan fingerprint density at radius 1 is 1.00 bits per heavy atom. The summed E-state index contributed by atoms with van der Waals surface area (Å²) in [6.07, 6.45) is 3.71. The lowest BCUT2D eigenvalue weighted by Crippen LogP contribution is -1.98. The smallest absolute Gasteiger partial charge is 0.227 e. The summed E-state index contributed by atoms with van der Waals surface area (Å²) in [7, 11) is 0. The third-order valence-corrected chi connectivity index (χ3v) is 4.29. The second-order valence-electron chi connectivity index (χ2n) is 6.16. The normalized spacial score (nSPS) is 11.0. The second-order valence-corrected chi connectivity index (χ2v) is 6.60. The van der Waals surface area contributed by atoms with E-state index in [-0.39, 0.29) is 0 Å². The summed E-state index contributed by atoms with van der Waals surface area (Å²) < 4.78 is 0. The molecule has 25 heavy (non-hydrogen) atoms. The Balaban J connectivity index is 1.72. The number of aromatic nitrogens is 3. The maximum atomic E-state index is 6.14. The molecule has 0 aliphatic heterocycles. The summed E-state index contributed by atoms with van der Waals surface area (Å²) in [5.41, 5.74) is 6.26. The molecule has 5 heteroatoms. The summed E-state index contributed by atoms with van der Waals surface area (Å²) >= 11 is 6.14. The van der Waals surface area contributed by atoms with Crippen LogP contribution in [-0.2, 0) is 0 Å². The van der Waals surface area contributed by atoms with Gasteiger partial charge in [-0.25, -0.2) is 9.97 Å². The van der Waals surface area contributed by atoms with Gasteiger partial charge in [-0.3, -0.25) is 0 Å². The van der Waals surface area contributed by atoms with Crippen molar-refractivity contribution in [3.8, 4) is 11.3 Å². The van der Waals surface area contributed by atoms with E-state index in [2.05, 4.69) is 52.3 Å². The Morgan fingerprint density at radius 3 is 2.60 bits per heavy atom. The van der Waals surface area contributed by atoms with Crippen LogP contribution in [0.3, 0.4) is 0 Å². The molecule has 0 fully saturated rings. The summed E-state index contributed by atoms with van der Waals surface area (Å²) in [5.74, 6) is 0.568. The lowest BCUT2D eigenvalue weighted by atomic mass is 10.1. The highest BCUT2D eigenvalue weighted by Crippen LogP contribution is 2.30. The van der Waals surface area contributed by atoms with Crippen molar-refractivity contribution in [1.29, 1.82) is 0 Å². The molecule has 0 saturated carbocycles. The molecule has 4 rings (SSSR count). The predicted molar refractivity (Wildman–Crippen MR) is 104 cm³/mol. The van der Waals surface area contributed by atoms with Crippen LogP contribution in [0.2, 0.25) is 5.02 Å². The van der Waals surface area contributed by atoms with E-state index in [1.165, 1.54) is 11.1 Å². The van der Waals surface area contributed by atoms with Gasteiger partial charge in [0.05, 0.1) is 5.69 Å². The number of H-pyrrole nitrogens is 1. The number of hydrogen-bond acceptors (Lipinski definition) is 3. The first-order valence-corrected chi connectivity index (χ1v) is 8.42. The number of aromatic amines is 1. The van der Waals surface area contributed by atoms with Gasteiger partial charge in [0.25, 0.3) is 0 Å².